The molecule has 0 aromatic rings. The molecule has 0 aliphatic rings. The molecule has 0 saturated heterocycles. The highest BCUT2D eigenvalue weighted by Crippen LogP contribution is 2.22. The Hall–Kier alpha value is 0.154. The van der Waals surface area contributed by atoms with Gasteiger partial charge in [0.2, 0.25) is 0 Å². The van der Waals surface area contributed by atoms with E-state index in [0.29, 0.717) is 0 Å². The van der Waals surface area contributed by atoms with E-state index in [0.717, 1.165) is 25.7 Å². The second-order valence-electron chi connectivity index (χ2n) is 7.13. The lowest BCUT2D eigenvalue weighted by atomic mass is 10.3. The molecule has 4 atom stereocenters. The summed E-state index contributed by atoms with van der Waals surface area (Å²) in [6, 6.07) is 0. The number of hydrogen-bond acceptors (Lipinski definition) is 7. The normalized spacial score (nSPS) is 17.6. The van der Waals surface area contributed by atoms with Gasteiger partial charge in [0, 0.05) is 28.4 Å². The molecule has 27 heavy (non-hydrogen) atoms. The molecule has 9 heteroatoms. The third kappa shape index (κ3) is 8.59. The van der Waals surface area contributed by atoms with Gasteiger partial charge >= 0.3 is 17.1 Å². The van der Waals surface area contributed by atoms with Crippen molar-refractivity contribution in [2.24, 2.45) is 0 Å². The van der Waals surface area contributed by atoms with Crippen LogP contribution in [0.4, 0.5) is 0 Å². The quantitative estimate of drug-likeness (QED) is 0.300. The minimum atomic E-state index is -2.38. The molecule has 0 fully saturated rings. The first-order valence-electron chi connectivity index (χ1n) is 9.93. The van der Waals surface area contributed by atoms with Crippen molar-refractivity contribution in [1.29, 1.82) is 0 Å². The molecule has 0 aliphatic heterocycles. The zero-order valence-electron chi connectivity index (χ0n) is 19.1. The van der Waals surface area contributed by atoms with E-state index in [2.05, 4.69) is 19.2 Å². The number of ether oxygens (including phenoxy) is 2. The predicted molar refractivity (Wildman–Crippen MR) is 113 cm³/mol. The molecule has 1 N–H and O–H groups in total. The Kier molecular flexibility index (Phi) is 13.5. The Labute approximate surface area is 168 Å². The standard InChI is InChI=1S/C18H43NO6Si2/c1-11-13-17(26(9,20-5)21-6)24-15(3)19-16(4)25-18(14-12-2)27(10,22-7)23-8/h15-19H,11-14H2,1-10H3. The maximum absolute atomic E-state index is 6.26. The van der Waals surface area contributed by atoms with Crippen molar-refractivity contribution in [3.8, 4) is 0 Å². The third-order valence-corrected chi connectivity index (χ3v) is 11.5. The molecule has 0 rings (SSSR count). The SMILES string of the molecule is CCCC(OC(C)NC(C)OC(CCC)[Si](C)(OC)OC)[Si](C)(OC)OC. The highest BCUT2D eigenvalue weighted by molar-refractivity contribution is 6.67. The summed E-state index contributed by atoms with van der Waals surface area (Å²) in [5.74, 6) is 0. The first-order chi connectivity index (χ1) is 12.7. The molecule has 0 aromatic heterocycles. The van der Waals surface area contributed by atoms with Crippen molar-refractivity contribution in [2.75, 3.05) is 28.4 Å². The van der Waals surface area contributed by atoms with Crippen molar-refractivity contribution < 1.29 is 27.2 Å². The van der Waals surface area contributed by atoms with Gasteiger partial charge in [-0.3, -0.25) is 5.32 Å². The summed E-state index contributed by atoms with van der Waals surface area (Å²) in [6.07, 6.45) is 3.39. The monoisotopic (exact) mass is 425 g/mol. The van der Waals surface area contributed by atoms with Crippen molar-refractivity contribution in [3.63, 3.8) is 0 Å². The molecule has 0 spiro atoms. The smallest absolute Gasteiger partial charge is 0.364 e. The molecule has 0 aromatic carbocycles. The minimum absolute atomic E-state index is 0.0590. The molecule has 0 amide bonds. The fourth-order valence-corrected chi connectivity index (χ4v) is 6.94. The molecular weight excluding hydrogens is 382 g/mol. The molecular formula is C18H43NO6Si2. The van der Waals surface area contributed by atoms with Crippen molar-refractivity contribution in [3.05, 3.63) is 0 Å². The van der Waals surface area contributed by atoms with Crippen molar-refractivity contribution >= 4 is 17.1 Å². The number of nitrogens with one attached hydrogen (secondary N) is 1. The average Bonchev–Trinajstić information content (AvgIpc) is 2.65. The summed E-state index contributed by atoms with van der Waals surface area (Å²) in [5.41, 5.74) is -0.118. The van der Waals surface area contributed by atoms with Crippen LogP contribution in [0.2, 0.25) is 13.1 Å². The van der Waals surface area contributed by atoms with Gasteiger partial charge in [-0.2, -0.15) is 0 Å². The molecule has 0 saturated carbocycles. The van der Waals surface area contributed by atoms with Gasteiger partial charge in [-0.25, -0.2) is 0 Å². The van der Waals surface area contributed by atoms with Crippen LogP contribution in [0.5, 0.6) is 0 Å². The molecule has 7 nitrogen and oxygen atoms in total. The van der Waals surface area contributed by atoms with E-state index in [1.165, 1.54) is 0 Å². The van der Waals surface area contributed by atoms with E-state index in [1.807, 2.05) is 26.9 Å². The van der Waals surface area contributed by atoms with Gasteiger partial charge in [0.15, 0.2) is 0 Å². The Morgan fingerprint density at radius 1 is 0.667 bits per heavy atom. The van der Waals surface area contributed by atoms with E-state index in [4.69, 9.17) is 27.2 Å². The Bertz CT molecular complexity index is 349. The molecule has 0 heterocycles. The lowest BCUT2D eigenvalue weighted by Gasteiger charge is -2.36. The van der Waals surface area contributed by atoms with E-state index >= 15 is 0 Å². The maximum atomic E-state index is 6.26. The van der Waals surface area contributed by atoms with Gasteiger partial charge in [0.25, 0.3) is 0 Å². The van der Waals surface area contributed by atoms with Gasteiger partial charge in [-0.1, -0.05) is 26.7 Å². The van der Waals surface area contributed by atoms with E-state index in [9.17, 15) is 0 Å². The van der Waals surface area contributed by atoms with Crippen molar-refractivity contribution in [1.82, 2.24) is 5.32 Å². The molecule has 164 valence electrons. The molecule has 0 bridgehead atoms. The Morgan fingerprint density at radius 3 is 1.19 bits per heavy atom. The largest absolute Gasteiger partial charge is 0.396 e. The zero-order chi connectivity index (χ0) is 21.1. The topological polar surface area (TPSA) is 67.4 Å². The Morgan fingerprint density at radius 2 is 0.963 bits per heavy atom. The molecule has 0 aliphatic carbocycles. The highest BCUT2D eigenvalue weighted by atomic mass is 28.4. The average molecular weight is 426 g/mol. The number of hydrogen-bond donors (Lipinski definition) is 1. The summed E-state index contributed by atoms with van der Waals surface area (Å²) in [7, 11) is 2.02. The van der Waals surface area contributed by atoms with Crippen LogP contribution in [-0.4, -0.2) is 69.5 Å². The van der Waals surface area contributed by atoms with E-state index in [1.54, 1.807) is 28.4 Å². The molecule has 0 radical (unpaired) electrons. The van der Waals surface area contributed by atoms with Gasteiger partial charge in [0.05, 0.1) is 0 Å². The Balaban J connectivity index is 4.92. The highest BCUT2D eigenvalue weighted by Gasteiger charge is 2.42. The van der Waals surface area contributed by atoms with Crippen LogP contribution in [0.1, 0.15) is 53.4 Å². The van der Waals surface area contributed by atoms with Gasteiger partial charge in [-0.15, -0.1) is 0 Å². The zero-order valence-corrected chi connectivity index (χ0v) is 21.1. The number of rotatable bonds is 16. The minimum Gasteiger partial charge on any atom is -0.396 e. The fraction of sp³-hybridized carbons (Fsp3) is 1.00. The summed E-state index contributed by atoms with van der Waals surface area (Å²) in [4.78, 5) is 0. The summed E-state index contributed by atoms with van der Waals surface area (Å²) in [6.45, 7) is 12.3. The van der Waals surface area contributed by atoms with Crippen LogP contribution in [0, 0.1) is 0 Å². The van der Waals surface area contributed by atoms with Crippen molar-refractivity contribution in [2.45, 2.75) is 90.4 Å². The van der Waals surface area contributed by atoms with Gasteiger partial charge in [-0.05, 0) is 39.8 Å². The van der Waals surface area contributed by atoms with Crippen LogP contribution in [0.15, 0.2) is 0 Å². The first kappa shape index (κ1) is 27.2. The van der Waals surface area contributed by atoms with Gasteiger partial charge < -0.3 is 27.2 Å². The lowest BCUT2D eigenvalue weighted by molar-refractivity contribution is -0.0712. The second kappa shape index (κ2) is 13.4. The lowest BCUT2D eigenvalue weighted by Crippen LogP contribution is -2.55. The summed E-state index contributed by atoms with van der Waals surface area (Å²) in [5, 5.41) is 3.38. The first-order valence-corrected chi connectivity index (χ1v) is 14.7. The van der Waals surface area contributed by atoms with Crippen LogP contribution < -0.4 is 5.32 Å². The summed E-state index contributed by atoms with van der Waals surface area (Å²) >= 11 is 0. The van der Waals surface area contributed by atoms with Crippen LogP contribution in [-0.2, 0) is 27.2 Å². The fourth-order valence-electron chi connectivity index (χ4n) is 3.03. The third-order valence-electron chi connectivity index (χ3n) is 5.10. The predicted octanol–water partition coefficient (Wildman–Crippen LogP) is 3.45. The van der Waals surface area contributed by atoms with Crippen LogP contribution in [0.25, 0.3) is 0 Å². The van der Waals surface area contributed by atoms with Crippen LogP contribution in [0.3, 0.4) is 0 Å². The second-order valence-corrected chi connectivity index (χ2v) is 14.1. The maximum Gasteiger partial charge on any atom is 0.364 e. The van der Waals surface area contributed by atoms with E-state index < -0.39 is 17.1 Å². The summed E-state index contributed by atoms with van der Waals surface area (Å²) < 4.78 is 35.2. The van der Waals surface area contributed by atoms with Gasteiger partial charge in [0.1, 0.15) is 23.9 Å². The molecule has 4 unspecified atom stereocenters. The van der Waals surface area contributed by atoms with E-state index in [-0.39, 0.29) is 23.9 Å². The van der Waals surface area contributed by atoms with Crippen LogP contribution >= 0.6 is 0 Å².